The van der Waals surface area contributed by atoms with Gasteiger partial charge in [-0.25, -0.2) is 9.97 Å². The number of hydrogen-bond donors (Lipinski definition) is 2. The smallest absolute Gasteiger partial charge is 0.258 e. The zero-order valence-electron chi connectivity index (χ0n) is 9.95. The van der Waals surface area contributed by atoms with Crippen molar-refractivity contribution >= 4 is 40.6 Å². The van der Waals surface area contributed by atoms with E-state index in [4.69, 9.17) is 28.9 Å². The number of halogens is 2. The second kappa shape index (κ2) is 5.42. The highest BCUT2D eigenvalue weighted by molar-refractivity contribution is 6.32. The summed E-state index contributed by atoms with van der Waals surface area (Å²) in [5.41, 5.74) is 7.44. The molecule has 0 saturated carbocycles. The summed E-state index contributed by atoms with van der Waals surface area (Å²) in [5, 5.41) is 2.67. The lowest BCUT2D eigenvalue weighted by Crippen LogP contribution is -2.15. The largest absolute Gasteiger partial charge is 0.398 e. The number of nitrogens with one attached hydrogen (secondary N) is 1. The number of carbonyl (C=O) groups is 1. The zero-order valence-corrected chi connectivity index (χ0v) is 11.5. The van der Waals surface area contributed by atoms with Gasteiger partial charge in [0.2, 0.25) is 5.28 Å². The lowest BCUT2D eigenvalue weighted by atomic mass is 10.1. The van der Waals surface area contributed by atoms with E-state index < -0.39 is 0 Å². The van der Waals surface area contributed by atoms with Crippen LogP contribution in [0.3, 0.4) is 0 Å². The summed E-state index contributed by atoms with van der Waals surface area (Å²) in [5.74, 6) is -0.164. The fourth-order valence-electron chi connectivity index (χ4n) is 1.50. The number of nitrogens with zero attached hydrogens (tertiary/aromatic N) is 2. The maximum atomic E-state index is 12.1. The average Bonchev–Trinajstić information content (AvgIpc) is 2.30. The molecule has 0 bridgehead atoms. The van der Waals surface area contributed by atoms with Gasteiger partial charge in [-0.3, -0.25) is 4.79 Å². The van der Waals surface area contributed by atoms with Crippen LogP contribution in [-0.2, 0) is 0 Å². The number of hydrogen-bond acceptors (Lipinski definition) is 4. The molecule has 0 aliphatic rings. The Labute approximate surface area is 119 Å². The summed E-state index contributed by atoms with van der Waals surface area (Å²) in [7, 11) is 0. The third-order valence-corrected chi connectivity index (χ3v) is 2.73. The summed E-state index contributed by atoms with van der Waals surface area (Å²) in [4.78, 5) is 19.6. The normalized spacial score (nSPS) is 10.3. The fourth-order valence-corrected chi connectivity index (χ4v) is 1.91. The summed E-state index contributed by atoms with van der Waals surface area (Å²) in [6, 6.07) is 6.58. The Morgan fingerprint density at radius 3 is 2.68 bits per heavy atom. The van der Waals surface area contributed by atoms with Gasteiger partial charge in [0.05, 0.1) is 5.56 Å². The molecule has 0 saturated heterocycles. The summed E-state index contributed by atoms with van der Waals surface area (Å²) in [6.45, 7) is 1.87. The van der Waals surface area contributed by atoms with E-state index in [1.54, 1.807) is 12.1 Å². The van der Waals surface area contributed by atoms with Crippen LogP contribution >= 0.6 is 23.2 Å². The molecular formula is C12H10Cl2N4O. The monoisotopic (exact) mass is 296 g/mol. The number of nitrogen functional groups attached to an aromatic ring is 1. The molecule has 0 aliphatic carbocycles. The lowest BCUT2D eigenvalue weighted by molar-refractivity contribution is 0.102. The highest BCUT2D eigenvalue weighted by Gasteiger charge is 2.12. The van der Waals surface area contributed by atoms with Crippen molar-refractivity contribution in [2.24, 2.45) is 0 Å². The Balaban J connectivity index is 2.28. The van der Waals surface area contributed by atoms with Crippen LogP contribution in [0.15, 0.2) is 24.3 Å². The first-order valence-electron chi connectivity index (χ1n) is 5.33. The van der Waals surface area contributed by atoms with E-state index in [1.165, 1.54) is 6.07 Å². The second-order valence-corrected chi connectivity index (χ2v) is 4.62. The Kier molecular flexibility index (Phi) is 3.87. The maximum Gasteiger partial charge on any atom is 0.258 e. The van der Waals surface area contributed by atoms with Crippen LogP contribution in [0.2, 0.25) is 10.4 Å². The van der Waals surface area contributed by atoms with Crippen molar-refractivity contribution in [2.75, 3.05) is 11.1 Å². The van der Waals surface area contributed by atoms with Gasteiger partial charge in [0, 0.05) is 11.8 Å². The molecule has 0 radical (unpaired) electrons. The third kappa shape index (κ3) is 3.33. The third-order valence-electron chi connectivity index (χ3n) is 2.36. The van der Waals surface area contributed by atoms with Gasteiger partial charge in [0.15, 0.2) is 0 Å². The SMILES string of the molecule is Cc1ccc(N)c(C(=O)Nc2cc(Cl)nc(Cl)n2)c1. The Bertz CT molecular complexity index is 625. The van der Waals surface area contributed by atoms with Crippen molar-refractivity contribution < 1.29 is 4.79 Å². The second-order valence-electron chi connectivity index (χ2n) is 3.89. The molecule has 3 N–H and O–H groups in total. The minimum atomic E-state index is -0.382. The van der Waals surface area contributed by atoms with Gasteiger partial charge in [-0.05, 0) is 30.7 Å². The van der Waals surface area contributed by atoms with E-state index in [0.29, 0.717) is 11.3 Å². The number of carbonyl (C=O) groups excluding carboxylic acids is 1. The topological polar surface area (TPSA) is 80.9 Å². The van der Waals surface area contributed by atoms with E-state index in [-0.39, 0.29) is 22.2 Å². The van der Waals surface area contributed by atoms with Crippen molar-refractivity contribution in [1.82, 2.24) is 9.97 Å². The van der Waals surface area contributed by atoms with Gasteiger partial charge in [-0.1, -0.05) is 23.2 Å². The van der Waals surface area contributed by atoms with Crippen molar-refractivity contribution in [3.8, 4) is 0 Å². The number of nitrogens with two attached hydrogens (primary N) is 1. The van der Waals surface area contributed by atoms with Crippen molar-refractivity contribution in [3.05, 3.63) is 45.8 Å². The van der Waals surface area contributed by atoms with Crippen LogP contribution in [-0.4, -0.2) is 15.9 Å². The minimum Gasteiger partial charge on any atom is -0.398 e. The van der Waals surface area contributed by atoms with Gasteiger partial charge >= 0.3 is 0 Å². The highest BCUT2D eigenvalue weighted by atomic mass is 35.5. The molecule has 0 fully saturated rings. The molecule has 0 spiro atoms. The molecule has 1 aromatic heterocycles. The number of rotatable bonds is 2. The fraction of sp³-hybridized carbons (Fsp3) is 0.0833. The summed E-state index contributed by atoms with van der Waals surface area (Å²) >= 11 is 11.4. The van der Waals surface area contributed by atoms with E-state index in [2.05, 4.69) is 15.3 Å². The molecule has 2 aromatic rings. The molecule has 19 heavy (non-hydrogen) atoms. The first-order chi connectivity index (χ1) is 8.95. The summed E-state index contributed by atoms with van der Waals surface area (Å²) < 4.78 is 0. The van der Waals surface area contributed by atoms with E-state index in [9.17, 15) is 4.79 Å². The number of anilines is 2. The predicted octanol–water partition coefficient (Wildman–Crippen LogP) is 2.93. The first kappa shape index (κ1) is 13.6. The summed E-state index contributed by atoms with van der Waals surface area (Å²) in [6.07, 6.45) is 0. The number of benzene rings is 1. The molecule has 1 aromatic carbocycles. The molecule has 0 aliphatic heterocycles. The Morgan fingerprint density at radius 2 is 2.00 bits per heavy atom. The van der Waals surface area contributed by atoms with Crippen LogP contribution < -0.4 is 11.1 Å². The van der Waals surface area contributed by atoms with Crippen LogP contribution in [0, 0.1) is 6.92 Å². The van der Waals surface area contributed by atoms with Gasteiger partial charge < -0.3 is 11.1 Å². The lowest BCUT2D eigenvalue weighted by Gasteiger charge is -2.08. The predicted molar refractivity (Wildman–Crippen MR) is 75.6 cm³/mol. The number of aryl methyl sites for hydroxylation is 1. The van der Waals surface area contributed by atoms with E-state index in [0.717, 1.165) is 5.56 Å². The zero-order chi connectivity index (χ0) is 14.0. The molecule has 1 amide bonds. The van der Waals surface area contributed by atoms with Gasteiger partial charge in [0.25, 0.3) is 5.91 Å². The Hall–Kier alpha value is -1.85. The minimum absolute atomic E-state index is 0.0417. The van der Waals surface area contributed by atoms with Crippen molar-refractivity contribution in [3.63, 3.8) is 0 Å². The molecule has 2 rings (SSSR count). The van der Waals surface area contributed by atoms with Crippen LogP contribution in [0.1, 0.15) is 15.9 Å². The number of amides is 1. The molecule has 98 valence electrons. The standard InChI is InChI=1S/C12H10Cl2N4O/c1-6-2-3-8(15)7(4-6)11(19)17-10-5-9(13)16-12(14)18-10/h2-5H,15H2,1H3,(H,16,17,18,19). The van der Waals surface area contributed by atoms with Crippen LogP contribution in [0.25, 0.3) is 0 Å². The Morgan fingerprint density at radius 1 is 1.26 bits per heavy atom. The molecule has 7 heteroatoms. The van der Waals surface area contributed by atoms with Gasteiger partial charge in [-0.15, -0.1) is 0 Å². The van der Waals surface area contributed by atoms with E-state index in [1.807, 2.05) is 13.0 Å². The van der Waals surface area contributed by atoms with Gasteiger partial charge in [0.1, 0.15) is 11.0 Å². The van der Waals surface area contributed by atoms with Crippen LogP contribution in [0.5, 0.6) is 0 Å². The number of aromatic nitrogens is 2. The van der Waals surface area contributed by atoms with Gasteiger partial charge in [-0.2, -0.15) is 0 Å². The van der Waals surface area contributed by atoms with Crippen molar-refractivity contribution in [2.45, 2.75) is 6.92 Å². The molecular weight excluding hydrogens is 287 g/mol. The quantitative estimate of drug-likeness (QED) is 0.507. The molecule has 1 heterocycles. The molecule has 0 atom stereocenters. The molecule has 0 unspecified atom stereocenters. The average molecular weight is 297 g/mol. The van der Waals surface area contributed by atoms with E-state index >= 15 is 0 Å². The maximum absolute atomic E-state index is 12.1. The first-order valence-corrected chi connectivity index (χ1v) is 6.09. The highest BCUT2D eigenvalue weighted by Crippen LogP contribution is 2.18. The van der Waals surface area contributed by atoms with Crippen LogP contribution in [0.4, 0.5) is 11.5 Å². The van der Waals surface area contributed by atoms with Crippen molar-refractivity contribution in [1.29, 1.82) is 0 Å². The molecule has 5 nitrogen and oxygen atoms in total.